The van der Waals surface area contributed by atoms with Gasteiger partial charge in [0.15, 0.2) is 4.67 Å². The second-order valence-corrected chi connectivity index (χ2v) is 4.80. The summed E-state index contributed by atoms with van der Waals surface area (Å²) in [6, 6.07) is 2.57. The summed E-state index contributed by atoms with van der Waals surface area (Å²) in [5.41, 5.74) is 1.17. The van der Waals surface area contributed by atoms with Gasteiger partial charge in [-0.2, -0.15) is 0 Å². The van der Waals surface area contributed by atoms with E-state index in [0.717, 1.165) is 24.1 Å². The number of hydrogen-bond acceptors (Lipinski definition) is 2. The highest BCUT2D eigenvalue weighted by Crippen LogP contribution is 2.25. The van der Waals surface area contributed by atoms with E-state index in [0.29, 0.717) is 11.4 Å². The Morgan fingerprint density at radius 3 is 2.92 bits per heavy atom. The molecule has 0 aliphatic heterocycles. The SMILES string of the molecule is ClC1CC(NCc2coc(Br)c2)C1. The lowest BCUT2D eigenvalue weighted by molar-refractivity contribution is 0.344. The number of hydrogen-bond donors (Lipinski definition) is 1. The summed E-state index contributed by atoms with van der Waals surface area (Å²) in [7, 11) is 0. The molecule has 0 atom stereocenters. The van der Waals surface area contributed by atoms with Crippen LogP contribution in [0.15, 0.2) is 21.4 Å². The lowest BCUT2D eigenvalue weighted by Crippen LogP contribution is -2.41. The van der Waals surface area contributed by atoms with Crippen molar-refractivity contribution in [2.75, 3.05) is 0 Å². The molecule has 2 rings (SSSR count). The van der Waals surface area contributed by atoms with Crippen molar-refractivity contribution in [3.05, 3.63) is 22.6 Å². The van der Waals surface area contributed by atoms with E-state index in [1.807, 2.05) is 6.07 Å². The molecule has 0 bridgehead atoms. The van der Waals surface area contributed by atoms with Crippen molar-refractivity contribution >= 4 is 27.5 Å². The molecule has 1 N–H and O–H groups in total. The standard InChI is InChI=1S/C9H11BrClNO/c10-9-1-6(5-13-9)4-12-8-2-7(11)3-8/h1,5,7-8,12H,2-4H2. The molecule has 1 aromatic heterocycles. The van der Waals surface area contributed by atoms with Crippen LogP contribution in [0.5, 0.6) is 0 Å². The molecule has 0 amide bonds. The molecular weight excluding hydrogens is 253 g/mol. The Labute approximate surface area is 90.8 Å². The van der Waals surface area contributed by atoms with E-state index >= 15 is 0 Å². The Hall–Kier alpha value is 0.01000. The summed E-state index contributed by atoms with van der Waals surface area (Å²) in [5.74, 6) is 0. The Morgan fingerprint density at radius 2 is 2.38 bits per heavy atom. The fourth-order valence-corrected chi connectivity index (χ4v) is 2.23. The molecular formula is C9H11BrClNO. The minimum atomic E-state index is 0.383. The van der Waals surface area contributed by atoms with Crippen LogP contribution in [0.4, 0.5) is 0 Å². The largest absolute Gasteiger partial charge is 0.457 e. The van der Waals surface area contributed by atoms with Crippen molar-refractivity contribution in [2.24, 2.45) is 0 Å². The molecule has 1 saturated carbocycles. The summed E-state index contributed by atoms with van der Waals surface area (Å²) in [6.45, 7) is 0.864. The van der Waals surface area contributed by atoms with Crippen molar-refractivity contribution in [3.63, 3.8) is 0 Å². The molecule has 1 aromatic rings. The molecule has 1 aliphatic rings. The van der Waals surface area contributed by atoms with E-state index in [1.165, 1.54) is 5.56 Å². The second kappa shape index (κ2) is 4.03. The lowest BCUT2D eigenvalue weighted by Gasteiger charge is -2.31. The fourth-order valence-electron chi connectivity index (χ4n) is 1.42. The highest BCUT2D eigenvalue weighted by molar-refractivity contribution is 9.10. The van der Waals surface area contributed by atoms with Gasteiger partial charge in [-0.05, 0) is 34.8 Å². The van der Waals surface area contributed by atoms with E-state index in [1.54, 1.807) is 6.26 Å². The normalized spacial score (nSPS) is 27.2. The summed E-state index contributed by atoms with van der Waals surface area (Å²) in [5, 5.41) is 3.80. The zero-order chi connectivity index (χ0) is 9.26. The van der Waals surface area contributed by atoms with E-state index < -0.39 is 0 Å². The molecule has 0 saturated heterocycles. The molecule has 72 valence electrons. The first-order valence-electron chi connectivity index (χ1n) is 4.34. The van der Waals surface area contributed by atoms with Crippen LogP contribution in [0.1, 0.15) is 18.4 Å². The van der Waals surface area contributed by atoms with Crippen LogP contribution in [-0.2, 0) is 6.54 Å². The summed E-state index contributed by atoms with van der Waals surface area (Å²) >= 11 is 9.13. The van der Waals surface area contributed by atoms with Gasteiger partial charge in [0.1, 0.15) is 0 Å². The van der Waals surface area contributed by atoms with Crippen LogP contribution >= 0.6 is 27.5 Å². The number of alkyl halides is 1. The van der Waals surface area contributed by atoms with Crippen LogP contribution in [0.25, 0.3) is 0 Å². The zero-order valence-corrected chi connectivity index (χ0v) is 9.44. The Balaban J connectivity index is 1.74. The van der Waals surface area contributed by atoms with Gasteiger partial charge in [-0.3, -0.25) is 0 Å². The van der Waals surface area contributed by atoms with Crippen molar-refractivity contribution < 1.29 is 4.42 Å². The van der Waals surface area contributed by atoms with Crippen molar-refractivity contribution in [1.29, 1.82) is 0 Å². The lowest BCUT2D eigenvalue weighted by atomic mass is 9.92. The minimum Gasteiger partial charge on any atom is -0.457 e. The van der Waals surface area contributed by atoms with Crippen molar-refractivity contribution in [2.45, 2.75) is 30.8 Å². The molecule has 4 heteroatoms. The molecule has 0 radical (unpaired) electrons. The summed E-state index contributed by atoms with van der Waals surface area (Å²) in [4.78, 5) is 0. The maximum atomic E-state index is 5.86. The van der Waals surface area contributed by atoms with Gasteiger partial charge in [-0.1, -0.05) is 0 Å². The van der Waals surface area contributed by atoms with Gasteiger partial charge in [-0.15, -0.1) is 11.6 Å². The number of rotatable bonds is 3. The average molecular weight is 265 g/mol. The first-order chi connectivity index (χ1) is 6.24. The van der Waals surface area contributed by atoms with Crippen LogP contribution in [0, 0.1) is 0 Å². The number of furan rings is 1. The molecule has 0 spiro atoms. The Morgan fingerprint density at radius 1 is 1.62 bits per heavy atom. The van der Waals surface area contributed by atoms with Gasteiger partial charge in [0.05, 0.1) is 6.26 Å². The van der Waals surface area contributed by atoms with Gasteiger partial charge in [0, 0.05) is 23.5 Å². The quantitative estimate of drug-likeness (QED) is 0.849. The summed E-state index contributed by atoms with van der Waals surface area (Å²) < 4.78 is 5.91. The van der Waals surface area contributed by atoms with Crippen LogP contribution in [0.3, 0.4) is 0 Å². The zero-order valence-electron chi connectivity index (χ0n) is 7.09. The maximum absolute atomic E-state index is 5.86. The highest BCUT2D eigenvalue weighted by Gasteiger charge is 2.26. The van der Waals surface area contributed by atoms with Crippen LogP contribution in [-0.4, -0.2) is 11.4 Å². The predicted molar refractivity (Wildman–Crippen MR) is 55.9 cm³/mol. The van der Waals surface area contributed by atoms with Gasteiger partial charge in [0.25, 0.3) is 0 Å². The van der Waals surface area contributed by atoms with Gasteiger partial charge in [-0.25, -0.2) is 0 Å². The third kappa shape index (κ3) is 2.48. The van der Waals surface area contributed by atoms with Crippen molar-refractivity contribution in [1.82, 2.24) is 5.32 Å². The van der Waals surface area contributed by atoms with Crippen LogP contribution < -0.4 is 5.32 Å². The molecule has 0 unspecified atom stereocenters. The second-order valence-electron chi connectivity index (χ2n) is 3.41. The predicted octanol–water partition coefficient (Wildman–Crippen LogP) is 2.90. The number of halogens is 2. The molecule has 13 heavy (non-hydrogen) atoms. The Kier molecular flexibility index (Phi) is 2.96. The molecule has 2 nitrogen and oxygen atoms in total. The first kappa shape index (κ1) is 9.56. The maximum Gasteiger partial charge on any atom is 0.169 e. The summed E-state index contributed by atoms with van der Waals surface area (Å²) in [6.07, 6.45) is 3.93. The minimum absolute atomic E-state index is 0.383. The van der Waals surface area contributed by atoms with Crippen molar-refractivity contribution in [3.8, 4) is 0 Å². The monoisotopic (exact) mass is 263 g/mol. The third-order valence-corrected chi connectivity index (χ3v) is 3.07. The average Bonchev–Trinajstić information content (AvgIpc) is 2.43. The van der Waals surface area contributed by atoms with Gasteiger partial charge >= 0.3 is 0 Å². The topological polar surface area (TPSA) is 25.2 Å². The van der Waals surface area contributed by atoms with E-state index in [-0.39, 0.29) is 0 Å². The fraction of sp³-hybridized carbons (Fsp3) is 0.556. The molecule has 1 heterocycles. The first-order valence-corrected chi connectivity index (χ1v) is 5.57. The smallest absolute Gasteiger partial charge is 0.169 e. The highest BCUT2D eigenvalue weighted by atomic mass is 79.9. The van der Waals surface area contributed by atoms with E-state index in [4.69, 9.17) is 16.0 Å². The van der Waals surface area contributed by atoms with Gasteiger partial charge in [0.2, 0.25) is 0 Å². The molecule has 0 aromatic carbocycles. The third-order valence-electron chi connectivity index (χ3n) is 2.30. The molecule has 1 aliphatic carbocycles. The van der Waals surface area contributed by atoms with E-state index in [9.17, 15) is 0 Å². The van der Waals surface area contributed by atoms with Gasteiger partial charge < -0.3 is 9.73 Å². The van der Waals surface area contributed by atoms with E-state index in [2.05, 4.69) is 21.2 Å². The number of nitrogens with one attached hydrogen (secondary N) is 1. The Bertz CT molecular complexity index is 283. The van der Waals surface area contributed by atoms with Crippen LogP contribution in [0.2, 0.25) is 0 Å². The molecule has 1 fully saturated rings.